The van der Waals surface area contributed by atoms with E-state index in [1.807, 2.05) is 91.8 Å². The van der Waals surface area contributed by atoms with Crippen molar-refractivity contribution in [3.8, 4) is 0 Å². The van der Waals surface area contributed by atoms with Crippen LogP contribution < -0.4 is 0 Å². The number of allylic oxidation sites excluding steroid dienone is 4. The summed E-state index contributed by atoms with van der Waals surface area (Å²) in [6.07, 6.45) is 12.4. The number of carbonyl (C=O) groups is 2. The van der Waals surface area contributed by atoms with Crippen molar-refractivity contribution in [1.82, 2.24) is 0 Å². The monoisotopic (exact) mass is 1370 g/mol. The van der Waals surface area contributed by atoms with E-state index in [0.29, 0.717) is 75.4 Å². The lowest BCUT2D eigenvalue weighted by molar-refractivity contribution is -0.158. The molecule has 2 fully saturated rings. The lowest BCUT2D eigenvalue weighted by Gasteiger charge is -2.38. The molecule has 558 valence electrons. The van der Waals surface area contributed by atoms with Crippen molar-refractivity contribution < 1.29 is 98.2 Å². The molecule has 0 radical (unpaired) electrons. The van der Waals surface area contributed by atoms with Gasteiger partial charge in [-0.25, -0.2) is 9.59 Å². The van der Waals surface area contributed by atoms with Gasteiger partial charge in [0.2, 0.25) is 0 Å². The zero-order valence-electron chi connectivity index (χ0n) is 61.3. The number of carbonyl (C=O) groups excluding carboxylic acids is 2. The summed E-state index contributed by atoms with van der Waals surface area (Å²) >= 11 is 0. The zero-order valence-corrected chi connectivity index (χ0v) is 61.3. The van der Waals surface area contributed by atoms with Gasteiger partial charge >= 0.3 is 11.9 Å². The average Bonchev–Trinajstić information content (AvgIpc) is 0.868. The number of ether oxygens (including phenoxy) is 9. The van der Waals surface area contributed by atoms with Gasteiger partial charge in [-0.3, -0.25) is 0 Å². The molecule has 0 unspecified atom stereocenters. The second-order valence-corrected chi connectivity index (χ2v) is 30.1. The normalized spacial score (nSPS) is 41.4. The first kappa shape index (κ1) is 84.4. The molecule has 4 bridgehead atoms. The van der Waals surface area contributed by atoms with Crippen LogP contribution in [-0.4, -0.2) is 214 Å². The summed E-state index contributed by atoms with van der Waals surface area (Å²) in [5, 5.41) is 105. The first-order valence-electron chi connectivity index (χ1n) is 36.7. The number of aliphatic hydroxyl groups is 9. The zero-order chi connectivity index (χ0) is 71.8. The van der Waals surface area contributed by atoms with Crippen LogP contribution in [0.15, 0.2) is 71.9 Å². The van der Waals surface area contributed by atoms with Crippen LogP contribution in [-0.2, 0) is 52.2 Å². The van der Waals surface area contributed by atoms with Crippen LogP contribution in [0.1, 0.15) is 199 Å². The van der Waals surface area contributed by atoms with Crippen molar-refractivity contribution in [2.24, 2.45) is 47.3 Å². The van der Waals surface area contributed by atoms with Crippen LogP contribution in [0.3, 0.4) is 0 Å². The van der Waals surface area contributed by atoms with Gasteiger partial charge in [-0.15, -0.1) is 0 Å². The molecule has 5 aliphatic rings. The molecule has 5 aliphatic heterocycles. The van der Waals surface area contributed by atoms with Gasteiger partial charge in [0.25, 0.3) is 0 Å². The van der Waals surface area contributed by atoms with Gasteiger partial charge < -0.3 is 88.6 Å². The summed E-state index contributed by atoms with van der Waals surface area (Å²) in [5.41, 5.74) is 1.37. The highest BCUT2D eigenvalue weighted by molar-refractivity contribution is 5.83. The van der Waals surface area contributed by atoms with Crippen molar-refractivity contribution in [3.63, 3.8) is 0 Å². The van der Waals surface area contributed by atoms with Gasteiger partial charge in [-0.2, -0.15) is 0 Å². The second kappa shape index (κ2) is 42.4. The summed E-state index contributed by atoms with van der Waals surface area (Å²) < 4.78 is 55.4. The fourth-order valence-electron chi connectivity index (χ4n) is 15.2. The molecule has 20 nitrogen and oxygen atoms in total. The Hall–Kier alpha value is -3.26. The Kier molecular flexibility index (Phi) is 36.9. The largest absolute Gasteiger partial charge is 0.458 e. The Bertz CT molecular complexity index is 2460. The summed E-state index contributed by atoms with van der Waals surface area (Å²) in [6, 6.07) is 0. The third-order valence-electron chi connectivity index (χ3n) is 21.9. The highest BCUT2D eigenvalue weighted by Gasteiger charge is 2.42. The molecule has 5 heterocycles. The summed E-state index contributed by atoms with van der Waals surface area (Å²) in [4.78, 5) is 27.8. The molecule has 30 atom stereocenters. The molecule has 5 rings (SSSR count). The lowest BCUT2D eigenvalue weighted by Crippen LogP contribution is -2.45. The number of rotatable bonds is 15. The maximum Gasteiger partial charge on any atom is 0.331 e. The molecule has 97 heavy (non-hydrogen) atoms. The van der Waals surface area contributed by atoms with Gasteiger partial charge in [0.15, 0.2) is 0 Å². The van der Waals surface area contributed by atoms with E-state index in [-0.39, 0.29) is 93.1 Å². The van der Waals surface area contributed by atoms with E-state index in [1.165, 1.54) is 12.2 Å². The molecule has 2 saturated heterocycles. The first-order valence-corrected chi connectivity index (χ1v) is 36.7. The standard InChI is InChI=1S/C77H130O20/c1-44-22-28-56(78)36-59-19-17-21-62(95-59)41-71(91-15)51(8)67(82)43-69(84)53(10)77(55(12)75(88)47(4)27-31-64-39-65(89-13)35-49(6)93-64)97-73(86)33-25-45(2)23-29-57(79)37-60-18-16-20-61(94-60)40-70(90-14)50(7)66(81)42-68(83)52(9)76(96-72(85)32-24-44)54(11)74(87)46(3)26-30-63-38-58(80)34-48(5)92-63/h16-19,22-25,32-33,46-71,74-84,87-88H,20-21,26-31,34-43H2,1-15H3/b32-24+,33-25+,44-22+,45-23+/t46-,47-,48-,49-,50-,51-,52-,53-,54-,55-,56-,57-,58+,59-,60-,61-,62-,63-,64-,65+,66-,67-,68+,69+,70-,71-,74-,75-,76-,77-/m0/s1. The van der Waals surface area contributed by atoms with E-state index in [0.717, 1.165) is 12.8 Å². The van der Waals surface area contributed by atoms with Gasteiger partial charge in [-0.05, 0) is 129 Å². The van der Waals surface area contributed by atoms with Gasteiger partial charge in [-0.1, -0.05) is 115 Å². The van der Waals surface area contributed by atoms with E-state index in [1.54, 1.807) is 61.2 Å². The van der Waals surface area contributed by atoms with Crippen LogP contribution in [0.4, 0.5) is 0 Å². The molecular weight excluding hydrogens is 1240 g/mol. The van der Waals surface area contributed by atoms with Crippen LogP contribution >= 0.6 is 0 Å². The topological polar surface area (TPSA) is 299 Å². The van der Waals surface area contributed by atoms with E-state index in [2.05, 4.69) is 0 Å². The van der Waals surface area contributed by atoms with Crippen LogP contribution in [0.2, 0.25) is 0 Å². The van der Waals surface area contributed by atoms with E-state index < -0.39 is 139 Å². The van der Waals surface area contributed by atoms with Gasteiger partial charge in [0.05, 0.1) is 122 Å². The highest BCUT2D eigenvalue weighted by atomic mass is 16.6. The molecule has 0 aromatic heterocycles. The molecule has 0 aromatic rings. The Morgan fingerprint density at radius 3 is 1.24 bits per heavy atom. The fourth-order valence-corrected chi connectivity index (χ4v) is 15.2. The maximum atomic E-state index is 13.9. The highest BCUT2D eigenvalue weighted by Crippen LogP contribution is 2.37. The molecule has 0 aromatic carbocycles. The summed E-state index contributed by atoms with van der Waals surface area (Å²) in [5.74, 6) is -5.62. The number of aliphatic hydroxyl groups excluding tert-OH is 9. The smallest absolute Gasteiger partial charge is 0.331 e. The van der Waals surface area contributed by atoms with Crippen molar-refractivity contribution in [2.45, 2.75) is 333 Å². The maximum absolute atomic E-state index is 13.9. The minimum absolute atomic E-state index is 0.0308. The fraction of sp³-hybridized carbons (Fsp3) is 0.818. The van der Waals surface area contributed by atoms with Crippen molar-refractivity contribution in [3.05, 3.63) is 71.9 Å². The Morgan fingerprint density at radius 2 is 0.845 bits per heavy atom. The van der Waals surface area contributed by atoms with E-state index >= 15 is 0 Å². The Balaban J connectivity index is 1.36. The number of esters is 2. The molecule has 0 saturated carbocycles. The molecule has 0 amide bonds. The van der Waals surface area contributed by atoms with Gasteiger partial charge in [0, 0.05) is 94.7 Å². The van der Waals surface area contributed by atoms with Crippen molar-refractivity contribution in [2.75, 3.05) is 21.3 Å². The van der Waals surface area contributed by atoms with Crippen molar-refractivity contribution >= 4 is 11.9 Å². The van der Waals surface area contributed by atoms with Gasteiger partial charge in [0.1, 0.15) is 12.2 Å². The van der Waals surface area contributed by atoms with E-state index in [9.17, 15) is 55.5 Å². The van der Waals surface area contributed by atoms with Crippen LogP contribution in [0.25, 0.3) is 0 Å². The third-order valence-corrected chi connectivity index (χ3v) is 21.9. The average molecular weight is 1380 g/mol. The number of fused-ring (bicyclic) bond motifs is 4. The molecule has 0 spiro atoms. The summed E-state index contributed by atoms with van der Waals surface area (Å²) in [7, 11) is 4.86. The Morgan fingerprint density at radius 1 is 0.454 bits per heavy atom. The van der Waals surface area contributed by atoms with Crippen molar-refractivity contribution in [1.29, 1.82) is 0 Å². The molecule has 20 heteroatoms. The number of cyclic esters (lactones) is 2. The lowest BCUT2D eigenvalue weighted by atomic mass is 9.78. The van der Waals surface area contributed by atoms with Crippen LogP contribution in [0.5, 0.6) is 0 Å². The minimum Gasteiger partial charge on any atom is -0.458 e. The quantitative estimate of drug-likeness (QED) is 0.0544. The summed E-state index contributed by atoms with van der Waals surface area (Å²) in [6.45, 7) is 22.3. The molecule has 9 N–H and O–H groups in total. The number of methoxy groups -OCH3 is 3. The predicted molar refractivity (Wildman–Crippen MR) is 373 cm³/mol. The SMILES string of the molecule is CO[C@H]1C[C@H](CC[C@H](C)[C@H](O)[C@H](C)[C@H]2OC(=O)/C=C/C(C)=C/C[C@H](O)C[C@@H]3C=CC[C@@H](C[C@H](OC)[C@@H](C)[C@@H](O)C[C@@H](O)[C@H](C)[C@@H]([C@@H](C)[C@@H](O)[C@@H](C)CC[C@H]4C[C@H](O)C[C@H](C)O4)OC(=O)/C=C/C(C)=C/C[C@H](O)C[C@@H]4C=CC[C@@H](C[C@H](OC)[C@@H](C)[C@@H](O)C[C@@H](O)[C@@H]2C)O4)O3)O[C@@H](C)C1. The predicted octanol–water partition coefficient (Wildman–Crippen LogP) is 9.45. The second-order valence-electron chi connectivity index (χ2n) is 30.1. The first-order chi connectivity index (χ1) is 45.9. The Labute approximate surface area is 581 Å². The molecular formula is C77H130O20. The van der Waals surface area contributed by atoms with E-state index in [4.69, 9.17) is 42.6 Å². The third kappa shape index (κ3) is 28.1. The number of hydrogen-bond acceptors (Lipinski definition) is 20. The molecule has 0 aliphatic carbocycles. The number of hydrogen-bond donors (Lipinski definition) is 9. The minimum atomic E-state index is -1.18. The van der Waals surface area contributed by atoms with Crippen LogP contribution in [0, 0.1) is 47.3 Å².